The maximum Gasteiger partial charge on any atom is 0.00965 e. The van der Waals surface area contributed by atoms with Crippen LogP contribution >= 0.6 is 0 Å². The predicted octanol–water partition coefficient (Wildman–Crippen LogP) is 3.62. The van der Waals surface area contributed by atoms with Crippen LogP contribution in [0.5, 0.6) is 0 Å². The largest absolute Gasteiger partial charge is 0.312 e. The van der Waals surface area contributed by atoms with Crippen molar-refractivity contribution in [1.29, 1.82) is 0 Å². The number of aryl methyl sites for hydroxylation is 3. The molecule has 16 heavy (non-hydrogen) atoms. The molecule has 1 rings (SSSR count). The molecular formula is C15H25N. The van der Waals surface area contributed by atoms with E-state index >= 15 is 0 Å². The van der Waals surface area contributed by atoms with Gasteiger partial charge < -0.3 is 5.32 Å². The van der Waals surface area contributed by atoms with Gasteiger partial charge in [0.15, 0.2) is 0 Å². The molecule has 0 aliphatic carbocycles. The van der Waals surface area contributed by atoms with E-state index in [0.29, 0.717) is 0 Å². The Kier molecular flexibility index (Phi) is 4.55. The summed E-state index contributed by atoms with van der Waals surface area (Å²) >= 11 is 0. The van der Waals surface area contributed by atoms with Crippen molar-refractivity contribution in [3.63, 3.8) is 0 Å². The van der Waals surface area contributed by atoms with Crippen LogP contribution in [0, 0.1) is 13.8 Å². The van der Waals surface area contributed by atoms with Crippen molar-refractivity contribution >= 4 is 0 Å². The Labute approximate surface area is 100 Å². The number of nitrogens with one attached hydrogen (secondary N) is 1. The average molecular weight is 219 g/mol. The van der Waals surface area contributed by atoms with Crippen LogP contribution in [0.15, 0.2) is 18.2 Å². The molecular weight excluding hydrogens is 194 g/mol. The van der Waals surface area contributed by atoms with Crippen molar-refractivity contribution in [1.82, 2.24) is 5.32 Å². The van der Waals surface area contributed by atoms with Gasteiger partial charge in [0.2, 0.25) is 0 Å². The normalized spacial score (nSPS) is 11.8. The molecule has 0 aliphatic rings. The zero-order valence-corrected chi connectivity index (χ0v) is 11.4. The van der Waals surface area contributed by atoms with E-state index in [-0.39, 0.29) is 5.54 Å². The van der Waals surface area contributed by atoms with E-state index in [0.717, 1.165) is 6.54 Å². The molecule has 0 saturated heterocycles. The first-order valence-electron chi connectivity index (χ1n) is 6.19. The van der Waals surface area contributed by atoms with Crippen molar-refractivity contribution in [2.45, 2.75) is 53.0 Å². The second kappa shape index (κ2) is 5.49. The SMILES string of the molecule is Cc1cc(C)cc(CCCNC(C)(C)C)c1. The first kappa shape index (κ1) is 13.2. The first-order valence-corrected chi connectivity index (χ1v) is 6.19. The molecule has 0 amide bonds. The molecule has 0 aliphatic heterocycles. The zero-order chi connectivity index (χ0) is 12.2. The van der Waals surface area contributed by atoms with Crippen LogP contribution in [-0.2, 0) is 6.42 Å². The number of rotatable bonds is 4. The monoisotopic (exact) mass is 219 g/mol. The average Bonchev–Trinajstić information content (AvgIpc) is 2.09. The third kappa shape index (κ3) is 5.32. The van der Waals surface area contributed by atoms with Crippen molar-refractivity contribution in [3.8, 4) is 0 Å². The quantitative estimate of drug-likeness (QED) is 0.763. The summed E-state index contributed by atoms with van der Waals surface area (Å²) < 4.78 is 0. The fourth-order valence-corrected chi connectivity index (χ4v) is 1.97. The van der Waals surface area contributed by atoms with Crippen LogP contribution in [0.3, 0.4) is 0 Å². The minimum atomic E-state index is 0.239. The van der Waals surface area contributed by atoms with E-state index < -0.39 is 0 Å². The highest BCUT2D eigenvalue weighted by molar-refractivity contribution is 5.28. The highest BCUT2D eigenvalue weighted by Gasteiger charge is 2.07. The van der Waals surface area contributed by atoms with E-state index in [1.165, 1.54) is 29.5 Å². The number of hydrogen-bond acceptors (Lipinski definition) is 1. The minimum absolute atomic E-state index is 0.239. The summed E-state index contributed by atoms with van der Waals surface area (Å²) in [6.07, 6.45) is 2.38. The van der Waals surface area contributed by atoms with Gasteiger partial charge in [0.05, 0.1) is 0 Å². The smallest absolute Gasteiger partial charge is 0.00965 e. The molecule has 0 spiro atoms. The molecule has 0 bridgehead atoms. The van der Waals surface area contributed by atoms with Crippen LogP contribution in [0.1, 0.15) is 43.9 Å². The molecule has 1 aromatic carbocycles. The summed E-state index contributed by atoms with van der Waals surface area (Å²) in [5, 5.41) is 3.52. The molecule has 0 radical (unpaired) electrons. The topological polar surface area (TPSA) is 12.0 Å². The summed E-state index contributed by atoms with van der Waals surface area (Å²) in [5.41, 5.74) is 4.45. The van der Waals surface area contributed by atoms with Crippen LogP contribution in [0.4, 0.5) is 0 Å². The Balaban J connectivity index is 2.37. The summed E-state index contributed by atoms with van der Waals surface area (Å²) in [6.45, 7) is 12.1. The minimum Gasteiger partial charge on any atom is -0.312 e. The van der Waals surface area contributed by atoms with Gasteiger partial charge in [0.1, 0.15) is 0 Å². The molecule has 1 aromatic rings. The number of hydrogen-bond donors (Lipinski definition) is 1. The van der Waals surface area contributed by atoms with Crippen molar-refractivity contribution in [2.24, 2.45) is 0 Å². The lowest BCUT2D eigenvalue weighted by molar-refractivity contribution is 0.422. The van der Waals surface area contributed by atoms with Gasteiger partial charge in [-0.25, -0.2) is 0 Å². The van der Waals surface area contributed by atoms with Crippen LogP contribution in [0.25, 0.3) is 0 Å². The van der Waals surface area contributed by atoms with Crippen molar-refractivity contribution in [3.05, 3.63) is 34.9 Å². The molecule has 0 unspecified atom stereocenters. The van der Waals surface area contributed by atoms with Gasteiger partial charge >= 0.3 is 0 Å². The maximum absolute atomic E-state index is 3.52. The molecule has 1 nitrogen and oxygen atoms in total. The predicted molar refractivity (Wildman–Crippen MR) is 72.0 cm³/mol. The highest BCUT2D eigenvalue weighted by Crippen LogP contribution is 2.10. The van der Waals surface area contributed by atoms with Gasteiger partial charge in [-0.15, -0.1) is 0 Å². The lowest BCUT2D eigenvalue weighted by Gasteiger charge is -2.20. The lowest BCUT2D eigenvalue weighted by Crippen LogP contribution is -2.36. The van der Waals surface area contributed by atoms with Crippen molar-refractivity contribution in [2.75, 3.05) is 6.54 Å². The Morgan fingerprint density at radius 1 is 1.00 bits per heavy atom. The molecule has 0 atom stereocenters. The lowest BCUT2D eigenvalue weighted by atomic mass is 10.0. The van der Waals surface area contributed by atoms with E-state index in [4.69, 9.17) is 0 Å². The Morgan fingerprint density at radius 3 is 2.06 bits per heavy atom. The molecule has 90 valence electrons. The van der Waals surface area contributed by atoms with Crippen molar-refractivity contribution < 1.29 is 0 Å². The fourth-order valence-electron chi connectivity index (χ4n) is 1.97. The molecule has 1 heteroatoms. The summed E-state index contributed by atoms with van der Waals surface area (Å²) in [7, 11) is 0. The van der Waals surface area contributed by atoms with Crippen LogP contribution < -0.4 is 5.32 Å². The third-order valence-electron chi connectivity index (χ3n) is 2.58. The molecule has 0 saturated carbocycles. The number of benzene rings is 1. The second-order valence-electron chi connectivity index (χ2n) is 5.78. The van der Waals surface area contributed by atoms with Gasteiger partial charge in [-0.1, -0.05) is 29.3 Å². The van der Waals surface area contributed by atoms with E-state index in [1.807, 2.05) is 0 Å². The van der Waals surface area contributed by atoms with E-state index in [9.17, 15) is 0 Å². The molecule has 0 heterocycles. The summed E-state index contributed by atoms with van der Waals surface area (Å²) in [5.74, 6) is 0. The molecule has 1 N–H and O–H groups in total. The van der Waals surface area contributed by atoms with Gasteiger partial charge in [0.25, 0.3) is 0 Å². The Morgan fingerprint density at radius 2 is 1.56 bits per heavy atom. The summed E-state index contributed by atoms with van der Waals surface area (Å²) in [4.78, 5) is 0. The Bertz CT molecular complexity index is 314. The molecule has 0 aromatic heterocycles. The zero-order valence-electron chi connectivity index (χ0n) is 11.4. The Hall–Kier alpha value is -0.820. The van der Waals surface area contributed by atoms with Gasteiger partial charge in [-0.3, -0.25) is 0 Å². The standard InChI is InChI=1S/C15H25N/c1-12-9-13(2)11-14(10-12)7-6-8-16-15(3,4)5/h9-11,16H,6-8H2,1-5H3. The fraction of sp³-hybridized carbons (Fsp3) is 0.600. The molecule has 0 fully saturated rings. The van der Waals surface area contributed by atoms with E-state index in [2.05, 4.69) is 58.1 Å². The second-order valence-corrected chi connectivity index (χ2v) is 5.78. The third-order valence-corrected chi connectivity index (χ3v) is 2.58. The van der Waals surface area contributed by atoms with Crippen LogP contribution in [0.2, 0.25) is 0 Å². The summed E-state index contributed by atoms with van der Waals surface area (Å²) in [6, 6.07) is 6.82. The maximum atomic E-state index is 3.52. The van der Waals surface area contributed by atoms with Gasteiger partial charge in [0, 0.05) is 5.54 Å². The first-order chi connectivity index (χ1) is 7.37. The van der Waals surface area contributed by atoms with Crippen LogP contribution in [-0.4, -0.2) is 12.1 Å². The van der Waals surface area contributed by atoms with Gasteiger partial charge in [-0.05, 0) is 59.6 Å². The van der Waals surface area contributed by atoms with E-state index in [1.54, 1.807) is 0 Å². The highest BCUT2D eigenvalue weighted by atomic mass is 14.9. The van der Waals surface area contributed by atoms with Gasteiger partial charge in [-0.2, -0.15) is 0 Å².